The van der Waals surface area contributed by atoms with Crippen LogP contribution in [-0.4, -0.2) is 11.8 Å². The third-order valence-electron chi connectivity index (χ3n) is 1.47. The van der Waals surface area contributed by atoms with Gasteiger partial charge in [0, 0.05) is 0 Å². The maximum atomic E-state index is 11.5. The standard InChI is InChI=1S/C8H17FS/c1-2-3-4-5-6-7-10-8-9/h2-8H2,1H3. The van der Waals surface area contributed by atoms with E-state index in [0.717, 1.165) is 5.75 Å². The lowest BCUT2D eigenvalue weighted by atomic mass is 10.2. The van der Waals surface area contributed by atoms with E-state index in [4.69, 9.17) is 0 Å². The third kappa shape index (κ3) is 8.28. The van der Waals surface area contributed by atoms with Gasteiger partial charge in [-0.15, -0.1) is 11.8 Å². The van der Waals surface area contributed by atoms with Crippen LogP contribution in [0.5, 0.6) is 0 Å². The van der Waals surface area contributed by atoms with E-state index in [1.54, 1.807) is 0 Å². The summed E-state index contributed by atoms with van der Waals surface area (Å²) in [7, 11) is 0. The Morgan fingerprint density at radius 1 is 1.10 bits per heavy atom. The van der Waals surface area contributed by atoms with Gasteiger partial charge in [-0.05, 0) is 12.2 Å². The first kappa shape index (κ1) is 10.3. The smallest absolute Gasteiger partial charge is 0.135 e. The summed E-state index contributed by atoms with van der Waals surface area (Å²) in [5, 5.41) is 0. The van der Waals surface area contributed by atoms with E-state index in [-0.39, 0.29) is 6.01 Å². The van der Waals surface area contributed by atoms with Crippen LogP contribution in [0.25, 0.3) is 0 Å². The van der Waals surface area contributed by atoms with E-state index >= 15 is 0 Å². The van der Waals surface area contributed by atoms with Gasteiger partial charge < -0.3 is 0 Å². The van der Waals surface area contributed by atoms with E-state index < -0.39 is 0 Å². The zero-order valence-electron chi connectivity index (χ0n) is 6.74. The molecular weight excluding hydrogens is 147 g/mol. The van der Waals surface area contributed by atoms with Crippen molar-refractivity contribution in [2.75, 3.05) is 11.8 Å². The third-order valence-corrected chi connectivity index (χ3v) is 2.20. The molecule has 0 fully saturated rings. The van der Waals surface area contributed by atoms with Crippen LogP contribution in [0.4, 0.5) is 4.39 Å². The molecule has 0 unspecified atom stereocenters. The number of thioether (sulfide) groups is 1. The van der Waals surface area contributed by atoms with Gasteiger partial charge in [-0.1, -0.05) is 32.6 Å². The Hall–Kier alpha value is 0.280. The minimum atomic E-state index is -0.215. The number of rotatable bonds is 7. The summed E-state index contributed by atoms with van der Waals surface area (Å²) < 4.78 is 11.5. The quantitative estimate of drug-likeness (QED) is 0.518. The van der Waals surface area contributed by atoms with Gasteiger partial charge in [0.25, 0.3) is 0 Å². The van der Waals surface area contributed by atoms with Crippen molar-refractivity contribution in [2.45, 2.75) is 39.0 Å². The van der Waals surface area contributed by atoms with Crippen molar-refractivity contribution < 1.29 is 4.39 Å². The Morgan fingerprint density at radius 3 is 2.40 bits per heavy atom. The van der Waals surface area contributed by atoms with Crippen LogP contribution in [0.2, 0.25) is 0 Å². The van der Waals surface area contributed by atoms with Gasteiger partial charge in [0.15, 0.2) is 0 Å². The molecule has 0 aromatic rings. The average molecular weight is 164 g/mol. The van der Waals surface area contributed by atoms with Crippen LogP contribution in [0.3, 0.4) is 0 Å². The summed E-state index contributed by atoms with van der Waals surface area (Å²) in [5.41, 5.74) is 0. The van der Waals surface area contributed by atoms with E-state index in [1.807, 2.05) is 0 Å². The van der Waals surface area contributed by atoms with Gasteiger partial charge in [-0.2, -0.15) is 0 Å². The van der Waals surface area contributed by atoms with Gasteiger partial charge in [0.2, 0.25) is 0 Å². The second-order valence-electron chi connectivity index (χ2n) is 2.43. The molecule has 62 valence electrons. The highest BCUT2D eigenvalue weighted by molar-refractivity contribution is 7.99. The fraction of sp³-hybridized carbons (Fsp3) is 1.00. The minimum Gasteiger partial charge on any atom is -0.239 e. The molecule has 0 aliphatic rings. The molecule has 0 saturated heterocycles. The molecule has 0 radical (unpaired) electrons. The van der Waals surface area contributed by atoms with Gasteiger partial charge in [0.05, 0.1) is 0 Å². The highest BCUT2D eigenvalue weighted by atomic mass is 32.2. The largest absolute Gasteiger partial charge is 0.239 e. The van der Waals surface area contributed by atoms with Gasteiger partial charge >= 0.3 is 0 Å². The molecule has 0 aliphatic heterocycles. The molecular formula is C8H17FS. The molecule has 10 heavy (non-hydrogen) atoms. The number of halogens is 1. The summed E-state index contributed by atoms with van der Waals surface area (Å²) in [6, 6.07) is -0.215. The van der Waals surface area contributed by atoms with Crippen LogP contribution < -0.4 is 0 Å². The van der Waals surface area contributed by atoms with Crippen molar-refractivity contribution in [1.82, 2.24) is 0 Å². The lowest BCUT2D eigenvalue weighted by Gasteiger charge is -1.96. The van der Waals surface area contributed by atoms with Crippen molar-refractivity contribution >= 4 is 11.8 Å². The summed E-state index contributed by atoms with van der Waals surface area (Å²) in [6.45, 7) is 2.20. The zero-order valence-corrected chi connectivity index (χ0v) is 7.55. The van der Waals surface area contributed by atoms with Crippen molar-refractivity contribution in [1.29, 1.82) is 0 Å². The van der Waals surface area contributed by atoms with E-state index in [2.05, 4.69) is 6.92 Å². The number of hydrogen-bond acceptors (Lipinski definition) is 1. The molecule has 0 rings (SSSR count). The molecule has 0 aromatic heterocycles. The van der Waals surface area contributed by atoms with E-state index in [1.165, 1.54) is 43.9 Å². The first-order valence-electron chi connectivity index (χ1n) is 4.05. The number of alkyl halides is 1. The van der Waals surface area contributed by atoms with Crippen LogP contribution in [0.15, 0.2) is 0 Å². The second kappa shape index (κ2) is 9.28. The molecule has 0 saturated carbocycles. The second-order valence-corrected chi connectivity index (χ2v) is 3.47. The molecule has 0 amide bonds. The monoisotopic (exact) mass is 164 g/mol. The Kier molecular flexibility index (Phi) is 9.54. The number of unbranched alkanes of at least 4 members (excludes halogenated alkanes) is 4. The molecule has 0 bridgehead atoms. The van der Waals surface area contributed by atoms with Gasteiger partial charge in [0.1, 0.15) is 6.01 Å². The first-order chi connectivity index (χ1) is 4.91. The molecule has 0 spiro atoms. The molecule has 0 aromatic carbocycles. The predicted molar refractivity (Wildman–Crippen MR) is 47.2 cm³/mol. The van der Waals surface area contributed by atoms with Crippen LogP contribution in [0, 0.1) is 0 Å². The van der Waals surface area contributed by atoms with Crippen LogP contribution in [0.1, 0.15) is 39.0 Å². The Bertz CT molecular complexity index is 49.2. The average Bonchev–Trinajstić information content (AvgIpc) is 1.97. The molecule has 0 N–H and O–H groups in total. The molecule has 0 atom stereocenters. The van der Waals surface area contributed by atoms with Crippen LogP contribution in [-0.2, 0) is 0 Å². The lowest BCUT2D eigenvalue weighted by Crippen LogP contribution is -1.81. The molecule has 2 heteroatoms. The molecule has 0 heterocycles. The molecule has 0 aliphatic carbocycles. The normalized spacial score (nSPS) is 10.2. The minimum absolute atomic E-state index is 0.215. The highest BCUT2D eigenvalue weighted by Gasteiger charge is 1.88. The van der Waals surface area contributed by atoms with Gasteiger partial charge in [-0.25, -0.2) is 4.39 Å². The Morgan fingerprint density at radius 2 is 1.80 bits per heavy atom. The highest BCUT2D eigenvalue weighted by Crippen LogP contribution is 2.08. The summed E-state index contributed by atoms with van der Waals surface area (Å²) in [6.07, 6.45) is 6.41. The van der Waals surface area contributed by atoms with Crippen molar-refractivity contribution in [3.05, 3.63) is 0 Å². The van der Waals surface area contributed by atoms with E-state index in [9.17, 15) is 4.39 Å². The predicted octanol–water partition coefficient (Wildman–Crippen LogP) is 3.62. The maximum absolute atomic E-state index is 11.5. The topological polar surface area (TPSA) is 0 Å². The Labute approximate surface area is 67.6 Å². The lowest BCUT2D eigenvalue weighted by molar-refractivity contribution is 0.603. The SMILES string of the molecule is CCCCCCCSCF. The molecule has 0 nitrogen and oxygen atoms in total. The first-order valence-corrected chi connectivity index (χ1v) is 5.21. The van der Waals surface area contributed by atoms with Crippen molar-refractivity contribution in [2.24, 2.45) is 0 Å². The summed E-state index contributed by atoms with van der Waals surface area (Å²) >= 11 is 1.40. The summed E-state index contributed by atoms with van der Waals surface area (Å²) in [5.74, 6) is 1.00. The van der Waals surface area contributed by atoms with Crippen molar-refractivity contribution in [3.8, 4) is 0 Å². The maximum Gasteiger partial charge on any atom is 0.135 e. The Balaban J connectivity index is 2.65. The fourth-order valence-corrected chi connectivity index (χ4v) is 1.38. The van der Waals surface area contributed by atoms with Gasteiger partial charge in [-0.3, -0.25) is 0 Å². The zero-order chi connectivity index (χ0) is 7.66. The van der Waals surface area contributed by atoms with Crippen molar-refractivity contribution in [3.63, 3.8) is 0 Å². The fourth-order valence-electron chi connectivity index (χ4n) is 0.862. The number of hydrogen-bond donors (Lipinski definition) is 0. The van der Waals surface area contributed by atoms with E-state index in [0.29, 0.717) is 0 Å². The summed E-state index contributed by atoms with van der Waals surface area (Å²) in [4.78, 5) is 0. The van der Waals surface area contributed by atoms with Crippen LogP contribution >= 0.6 is 11.8 Å².